The van der Waals surface area contributed by atoms with Gasteiger partial charge in [0.2, 0.25) is 5.13 Å². The highest BCUT2D eigenvalue weighted by molar-refractivity contribution is 6.39. The van der Waals surface area contributed by atoms with Crippen molar-refractivity contribution in [3.05, 3.63) is 23.3 Å². The normalized spacial score (nSPS) is 39.6. The Labute approximate surface area is 67.7 Å². The van der Waals surface area contributed by atoms with Crippen molar-refractivity contribution in [1.82, 2.24) is 0 Å². The Morgan fingerprint density at radius 1 is 1.70 bits per heavy atom. The SMILES string of the molecule is OC1C=CC=C(Cl)C1(F)Cl. The number of allylic oxidation sites excluding steroid dienone is 2. The number of rotatable bonds is 0. The average molecular weight is 183 g/mol. The third-order valence-electron chi connectivity index (χ3n) is 1.23. The molecule has 4 heteroatoms. The molecule has 0 radical (unpaired) electrons. The molecule has 0 spiro atoms. The molecule has 1 aliphatic carbocycles. The van der Waals surface area contributed by atoms with Crippen LogP contribution in [-0.4, -0.2) is 16.3 Å². The average Bonchev–Trinajstić information content (AvgIpc) is 1.84. The molecule has 2 unspecified atom stereocenters. The standard InChI is InChI=1S/C6H5Cl2FO/c7-4-2-1-3-5(10)6(4,8)9/h1-3,5,10H. The predicted molar refractivity (Wildman–Crippen MR) is 38.8 cm³/mol. The second-order valence-electron chi connectivity index (χ2n) is 1.97. The van der Waals surface area contributed by atoms with E-state index in [9.17, 15) is 4.39 Å². The van der Waals surface area contributed by atoms with E-state index in [4.69, 9.17) is 28.3 Å². The summed E-state index contributed by atoms with van der Waals surface area (Å²) in [6, 6.07) is 0. The smallest absolute Gasteiger partial charge is 0.248 e. The van der Waals surface area contributed by atoms with Gasteiger partial charge in [0.15, 0.2) is 0 Å². The summed E-state index contributed by atoms with van der Waals surface area (Å²) in [5.41, 5.74) is 0. The molecule has 0 aliphatic heterocycles. The van der Waals surface area contributed by atoms with E-state index in [1.165, 1.54) is 18.2 Å². The van der Waals surface area contributed by atoms with Crippen molar-refractivity contribution in [2.45, 2.75) is 11.2 Å². The van der Waals surface area contributed by atoms with Gasteiger partial charge in [-0.2, -0.15) is 0 Å². The van der Waals surface area contributed by atoms with E-state index in [0.717, 1.165) is 0 Å². The monoisotopic (exact) mass is 182 g/mol. The summed E-state index contributed by atoms with van der Waals surface area (Å²) in [5.74, 6) is 0. The molecule has 0 saturated carbocycles. The van der Waals surface area contributed by atoms with Gasteiger partial charge in [-0.05, 0) is 6.08 Å². The maximum absolute atomic E-state index is 12.9. The van der Waals surface area contributed by atoms with Gasteiger partial charge in [-0.1, -0.05) is 35.4 Å². The van der Waals surface area contributed by atoms with E-state index in [0.29, 0.717) is 0 Å². The molecule has 0 saturated heterocycles. The lowest BCUT2D eigenvalue weighted by Gasteiger charge is -2.22. The van der Waals surface area contributed by atoms with Crippen LogP contribution in [0.4, 0.5) is 4.39 Å². The fourth-order valence-corrected chi connectivity index (χ4v) is 0.939. The minimum absolute atomic E-state index is 0.191. The molecule has 2 atom stereocenters. The maximum Gasteiger partial charge on any atom is 0.248 e. The van der Waals surface area contributed by atoms with Crippen molar-refractivity contribution in [3.63, 3.8) is 0 Å². The van der Waals surface area contributed by atoms with E-state index in [1.807, 2.05) is 0 Å². The van der Waals surface area contributed by atoms with Gasteiger partial charge in [0.05, 0.1) is 5.03 Å². The molecule has 0 aromatic rings. The molecular formula is C6H5Cl2FO. The first kappa shape index (κ1) is 8.05. The topological polar surface area (TPSA) is 20.2 Å². The van der Waals surface area contributed by atoms with Crippen LogP contribution in [-0.2, 0) is 0 Å². The molecular weight excluding hydrogens is 178 g/mol. The molecule has 1 N–H and O–H groups in total. The first-order chi connectivity index (χ1) is 4.55. The summed E-state index contributed by atoms with van der Waals surface area (Å²) in [4.78, 5) is 0. The molecule has 10 heavy (non-hydrogen) atoms. The third-order valence-corrected chi connectivity index (χ3v) is 2.15. The van der Waals surface area contributed by atoms with Crippen molar-refractivity contribution in [1.29, 1.82) is 0 Å². The van der Waals surface area contributed by atoms with Crippen LogP contribution in [0.3, 0.4) is 0 Å². The van der Waals surface area contributed by atoms with Crippen LogP contribution in [0.2, 0.25) is 0 Å². The van der Waals surface area contributed by atoms with Crippen molar-refractivity contribution >= 4 is 23.2 Å². The highest BCUT2D eigenvalue weighted by Crippen LogP contribution is 2.36. The van der Waals surface area contributed by atoms with Crippen molar-refractivity contribution in [2.24, 2.45) is 0 Å². The number of aliphatic hydroxyl groups excluding tert-OH is 1. The van der Waals surface area contributed by atoms with Crippen molar-refractivity contribution in [3.8, 4) is 0 Å². The van der Waals surface area contributed by atoms with E-state index in [1.54, 1.807) is 0 Å². The molecule has 1 nitrogen and oxygen atoms in total. The van der Waals surface area contributed by atoms with Crippen molar-refractivity contribution in [2.75, 3.05) is 0 Å². The highest BCUT2D eigenvalue weighted by atomic mass is 35.5. The number of alkyl halides is 2. The van der Waals surface area contributed by atoms with Crippen LogP contribution in [0.5, 0.6) is 0 Å². The fraction of sp³-hybridized carbons (Fsp3) is 0.333. The molecule has 0 heterocycles. The second-order valence-corrected chi connectivity index (χ2v) is 2.92. The summed E-state index contributed by atoms with van der Waals surface area (Å²) in [5, 5.41) is 6.36. The fourth-order valence-electron chi connectivity index (χ4n) is 0.619. The van der Waals surface area contributed by atoms with E-state index < -0.39 is 11.2 Å². The van der Waals surface area contributed by atoms with Crippen LogP contribution in [0.25, 0.3) is 0 Å². The lowest BCUT2D eigenvalue weighted by Crippen LogP contribution is -2.32. The summed E-state index contributed by atoms with van der Waals surface area (Å²) in [6.07, 6.45) is 2.64. The van der Waals surface area contributed by atoms with Crippen LogP contribution < -0.4 is 0 Å². The summed E-state index contributed by atoms with van der Waals surface area (Å²) in [6.45, 7) is 0. The van der Waals surface area contributed by atoms with E-state index in [2.05, 4.69) is 0 Å². The van der Waals surface area contributed by atoms with E-state index >= 15 is 0 Å². The lowest BCUT2D eigenvalue weighted by molar-refractivity contribution is 0.113. The molecule has 0 amide bonds. The molecule has 0 aromatic carbocycles. The van der Waals surface area contributed by atoms with Gasteiger partial charge in [-0.25, -0.2) is 4.39 Å². The van der Waals surface area contributed by atoms with Crippen LogP contribution in [0, 0.1) is 0 Å². The first-order valence-electron chi connectivity index (χ1n) is 2.65. The summed E-state index contributed by atoms with van der Waals surface area (Å²) < 4.78 is 12.9. The zero-order valence-corrected chi connectivity index (χ0v) is 6.40. The van der Waals surface area contributed by atoms with Gasteiger partial charge in [0.25, 0.3) is 0 Å². The number of hydrogen-bond acceptors (Lipinski definition) is 1. The van der Waals surface area contributed by atoms with Gasteiger partial charge in [0.1, 0.15) is 6.10 Å². The molecule has 0 fully saturated rings. The Morgan fingerprint density at radius 3 is 2.70 bits per heavy atom. The molecule has 56 valence electrons. The van der Waals surface area contributed by atoms with Crippen LogP contribution in [0.15, 0.2) is 23.3 Å². The predicted octanol–water partition coefficient (Wildman–Crippen LogP) is 1.94. The minimum atomic E-state index is -2.34. The zero-order valence-electron chi connectivity index (χ0n) is 4.89. The maximum atomic E-state index is 12.9. The molecule has 1 aliphatic rings. The number of halogens is 3. The van der Waals surface area contributed by atoms with E-state index in [-0.39, 0.29) is 5.03 Å². The van der Waals surface area contributed by atoms with Gasteiger partial charge >= 0.3 is 0 Å². The first-order valence-corrected chi connectivity index (χ1v) is 3.41. The number of aliphatic hydroxyl groups is 1. The highest BCUT2D eigenvalue weighted by Gasteiger charge is 2.39. The number of hydrogen-bond donors (Lipinski definition) is 1. The Kier molecular flexibility index (Phi) is 2.04. The Morgan fingerprint density at radius 2 is 2.30 bits per heavy atom. The quantitative estimate of drug-likeness (QED) is 0.569. The largest absolute Gasteiger partial charge is 0.384 e. The van der Waals surface area contributed by atoms with Gasteiger partial charge in [-0.3, -0.25) is 0 Å². The van der Waals surface area contributed by atoms with Crippen LogP contribution in [0.1, 0.15) is 0 Å². The molecule has 1 rings (SSSR count). The van der Waals surface area contributed by atoms with Gasteiger partial charge in [-0.15, -0.1) is 0 Å². The third kappa shape index (κ3) is 1.19. The summed E-state index contributed by atoms with van der Waals surface area (Å²) in [7, 11) is 0. The molecule has 0 aromatic heterocycles. The second kappa shape index (κ2) is 2.53. The van der Waals surface area contributed by atoms with Gasteiger partial charge < -0.3 is 5.11 Å². The Balaban J connectivity index is 2.93. The van der Waals surface area contributed by atoms with Crippen molar-refractivity contribution < 1.29 is 9.50 Å². The minimum Gasteiger partial charge on any atom is -0.384 e. The van der Waals surface area contributed by atoms with Crippen LogP contribution >= 0.6 is 23.2 Å². The zero-order chi connectivity index (χ0) is 7.78. The Bertz CT molecular complexity index is 198. The lowest BCUT2D eigenvalue weighted by atomic mass is 10.1. The molecule has 0 bridgehead atoms. The van der Waals surface area contributed by atoms with Gasteiger partial charge in [0, 0.05) is 0 Å². The summed E-state index contributed by atoms with van der Waals surface area (Å²) >= 11 is 10.6. The Hall–Kier alpha value is -0.0500.